The van der Waals surface area contributed by atoms with Crippen LogP contribution in [0.15, 0.2) is 35.6 Å². The highest BCUT2D eigenvalue weighted by molar-refractivity contribution is 7.98. The van der Waals surface area contributed by atoms with Crippen LogP contribution in [0.4, 0.5) is 11.5 Å². The number of amides is 1. The van der Waals surface area contributed by atoms with Crippen LogP contribution < -0.4 is 4.90 Å². The van der Waals surface area contributed by atoms with Crippen molar-refractivity contribution in [3.63, 3.8) is 0 Å². The van der Waals surface area contributed by atoms with Crippen LogP contribution in [0.25, 0.3) is 0 Å². The van der Waals surface area contributed by atoms with Gasteiger partial charge in [-0.05, 0) is 18.4 Å². The molecule has 0 bridgehead atoms. The first-order valence-corrected chi connectivity index (χ1v) is 7.55. The summed E-state index contributed by atoms with van der Waals surface area (Å²) in [5.74, 6) is -0.0530. The summed E-state index contributed by atoms with van der Waals surface area (Å²) >= 11 is 7.48. The number of nitriles is 1. The maximum Gasteiger partial charge on any atom is 0.229 e. The number of anilines is 2. The topological polar surface area (TPSA) is 69.9 Å². The van der Waals surface area contributed by atoms with Crippen molar-refractivity contribution < 1.29 is 4.79 Å². The van der Waals surface area contributed by atoms with E-state index >= 15 is 0 Å². The highest BCUT2D eigenvalue weighted by atomic mass is 35.5. The Labute approximate surface area is 131 Å². The zero-order valence-corrected chi connectivity index (χ0v) is 12.9. The summed E-state index contributed by atoms with van der Waals surface area (Å²) < 4.78 is 0. The van der Waals surface area contributed by atoms with Gasteiger partial charge in [0.2, 0.25) is 5.91 Å². The molecule has 0 unspecified atom stereocenters. The zero-order chi connectivity index (χ0) is 15.4. The molecule has 1 aromatic heterocycles. The Morgan fingerprint density at radius 3 is 2.71 bits per heavy atom. The summed E-state index contributed by atoms with van der Waals surface area (Å²) in [6.45, 7) is 1.39. The molecule has 0 aliphatic rings. The molecule has 7 heteroatoms. The fraction of sp³-hybridized carbons (Fsp3) is 0.143. The van der Waals surface area contributed by atoms with E-state index < -0.39 is 0 Å². The van der Waals surface area contributed by atoms with Gasteiger partial charge in [-0.1, -0.05) is 35.5 Å². The number of halogens is 1. The number of aromatic nitrogens is 2. The molecule has 5 nitrogen and oxygen atoms in total. The minimum atomic E-state index is -0.287. The Hall–Kier alpha value is -2.10. The Kier molecular flexibility index (Phi) is 4.78. The monoisotopic (exact) mass is 318 g/mol. The van der Waals surface area contributed by atoms with E-state index in [1.807, 2.05) is 12.3 Å². The summed E-state index contributed by atoms with van der Waals surface area (Å²) in [6, 6.07) is 8.91. The lowest BCUT2D eigenvalue weighted by atomic mass is 10.2. The molecule has 1 aromatic carbocycles. The molecule has 0 fully saturated rings. The van der Waals surface area contributed by atoms with Crippen molar-refractivity contribution in [1.29, 1.82) is 5.26 Å². The second-order valence-electron chi connectivity index (χ2n) is 4.01. The zero-order valence-electron chi connectivity index (χ0n) is 11.4. The number of para-hydroxylation sites is 1. The average molecular weight is 319 g/mol. The molecule has 2 aromatic rings. The molecule has 21 heavy (non-hydrogen) atoms. The van der Waals surface area contributed by atoms with Crippen LogP contribution in [0.3, 0.4) is 0 Å². The largest absolute Gasteiger partial charge is 0.274 e. The predicted molar refractivity (Wildman–Crippen MR) is 82.8 cm³/mol. The van der Waals surface area contributed by atoms with Gasteiger partial charge in [-0.15, -0.1) is 0 Å². The van der Waals surface area contributed by atoms with Crippen LogP contribution in [0.5, 0.6) is 0 Å². The van der Waals surface area contributed by atoms with E-state index in [-0.39, 0.29) is 17.3 Å². The first kappa shape index (κ1) is 15.3. The molecule has 0 radical (unpaired) electrons. The van der Waals surface area contributed by atoms with Crippen LogP contribution in [0, 0.1) is 11.3 Å². The number of benzene rings is 1. The van der Waals surface area contributed by atoms with Crippen molar-refractivity contribution in [2.75, 3.05) is 11.2 Å². The number of hydrogen-bond acceptors (Lipinski definition) is 5. The van der Waals surface area contributed by atoms with E-state index in [1.54, 1.807) is 24.3 Å². The first-order valence-electron chi connectivity index (χ1n) is 5.94. The molecule has 0 aliphatic heterocycles. The molecule has 0 saturated carbocycles. The van der Waals surface area contributed by atoms with Gasteiger partial charge in [0.25, 0.3) is 0 Å². The molecular formula is C14H11ClN4OS. The molecule has 2 rings (SSSR count). The number of carbonyl (C=O) groups excluding carboxylic acids is 1. The molecule has 0 atom stereocenters. The highest BCUT2D eigenvalue weighted by Gasteiger charge is 2.22. The molecule has 0 spiro atoms. The normalized spacial score (nSPS) is 10.0. The van der Waals surface area contributed by atoms with E-state index in [4.69, 9.17) is 11.6 Å². The second kappa shape index (κ2) is 6.57. The number of thioether (sulfide) groups is 1. The maximum atomic E-state index is 12.1. The van der Waals surface area contributed by atoms with Gasteiger partial charge in [0.15, 0.2) is 11.0 Å². The van der Waals surface area contributed by atoms with E-state index in [2.05, 4.69) is 9.97 Å². The molecule has 1 amide bonds. The lowest BCUT2D eigenvalue weighted by molar-refractivity contribution is -0.115. The Morgan fingerprint density at radius 1 is 1.43 bits per heavy atom. The lowest BCUT2D eigenvalue weighted by Crippen LogP contribution is -2.25. The molecular weight excluding hydrogens is 308 g/mol. The van der Waals surface area contributed by atoms with Gasteiger partial charge >= 0.3 is 0 Å². The van der Waals surface area contributed by atoms with Crippen molar-refractivity contribution >= 4 is 40.8 Å². The van der Waals surface area contributed by atoms with Gasteiger partial charge in [-0.2, -0.15) is 5.26 Å². The molecule has 0 aliphatic carbocycles. The van der Waals surface area contributed by atoms with Crippen LogP contribution in [0.1, 0.15) is 12.5 Å². The Balaban J connectivity index is 2.67. The van der Waals surface area contributed by atoms with Crippen LogP contribution >= 0.6 is 23.4 Å². The maximum absolute atomic E-state index is 12.1. The first-order chi connectivity index (χ1) is 10.1. The van der Waals surface area contributed by atoms with Gasteiger partial charge in [-0.25, -0.2) is 9.97 Å². The lowest BCUT2D eigenvalue weighted by Gasteiger charge is -2.22. The van der Waals surface area contributed by atoms with Crippen molar-refractivity contribution in [2.45, 2.75) is 12.1 Å². The van der Waals surface area contributed by atoms with Crippen LogP contribution in [-0.4, -0.2) is 22.1 Å². The summed E-state index contributed by atoms with van der Waals surface area (Å²) in [5.41, 5.74) is 0.692. The number of carbonyl (C=O) groups is 1. The quantitative estimate of drug-likeness (QED) is 0.640. The summed E-state index contributed by atoms with van der Waals surface area (Å²) in [7, 11) is 0. The highest BCUT2D eigenvalue weighted by Crippen LogP contribution is 2.33. The Morgan fingerprint density at radius 2 is 2.14 bits per heavy atom. The van der Waals surface area contributed by atoms with Gasteiger partial charge in [0.1, 0.15) is 11.6 Å². The predicted octanol–water partition coefficient (Wildman–Crippen LogP) is 3.41. The summed E-state index contributed by atoms with van der Waals surface area (Å²) in [4.78, 5) is 21.7. The summed E-state index contributed by atoms with van der Waals surface area (Å²) in [5, 5.41) is 10.1. The van der Waals surface area contributed by atoms with E-state index in [0.717, 1.165) is 0 Å². The fourth-order valence-corrected chi connectivity index (χ4v) is 2.33. The molecule has 0 N–H and O–H groups in total. The van der Waals surface area contributed by atoms with Gasteiger partial charge in [0, 0.05) is 6.92 Å². The SMILES string of the molecule is CSc1ncc(C#N)c(N(C(C)=O)c2ccccc2Cl)n1. The Bertz CT molecular complexity index is 729. The third-order valence-electron chi connectivity index (χ3n) is 2.67. The van der Waals surface area contributed by atoms with Crippen molar-refractivity contribution in [2.24, 2.45) is 0 Å². The summed E-state index contributed by atoms with van der Waals surface area (Å²) in [6.07, 6.45) is 3.22. The molecule has 0 saturated heterocycles. The third-order valence-corrected chi connectivity index (χ3v) is 3.55. The van der Waals surface area contributed by atoms with Gasteiger partial charge in [-0.3, -0.25) is 9.69 Å². The molecule has 1 heterocycles. The average Bonchev–Trinajstić information content (AvgIpc) is 2.49. The number of rotatable bonds is 3. The van der Waals surface area contributed by atoms with E-state index in [1.165, 1.54) is 29.8 Å². The van der Waals surface area contributed by atoms with Crippen molar-refractivity contribution in [1.82, 2.24) is 9.97 Å². The van der Waals surface area contributed by atoms with Gasteiger partial charge < -0.3 is 0 Å². The van der Waals surface area contributed by atoms with Crippen LogP contribution in [0.2, 0.25) is 5.02 Å². The minimum Gasteiger partial charge on any atom is -0.274 e. The standard InChI is InChI=1S/C14H11ClN4OS/c1-9(20)19(12-6-4-3-5-11(12)15)13-10(7-16)8-17-14(18-13)21-2/h3-6,8H,1-2H3. The smallest absolute Gasteiger partial charge is 0.229 e. The van der Waals surface area contributed by atoms with Crippen molar-refractivity contribution in [3.8, 4) is 6.07 Å². The van der Waals surface area contributed by atoms with E-state index in [9.17, 15) is 10.1 Å². The fourth-order valence-electron chi connectivity index (χ4n) is 1.77. The third kappa shape index (κ3) is 3.15. The van der Waals surface area contributed by atoms with E-state index in [0.29, 0.717) is 15.9 Å². The number of hydrogen-bond donors (Lipinski definition) is 0. The molecule has 106 valence electrons. The van der Waals surface area contributed by atoms with Crippen molar-refractivity contribution in [3.05, 3.63) is 41.0 Å². The number of nitrogens with zero attached hydrogens (tertiary/aromatic N) is 4. The second-order valence-corrected chi connectivity index (χ2v) is 5.19. The minimum absolute atomic E-state index is 0.211. The van der Waals surface area contributed by atoms with Gasteiger partial charge in [0.05, 0.1) is 16.9 Å². The van der Waals surface area contributed by atoms with Crippen LogP contribution in [-0.2, 0) is 4.79 Å².